The van der Waals surface area contributed by atoms with Crippen LogP contribution in [0.2, 0.25) is 0 Å². The molecule has 3 atom stereocenters. The van der Waals surface area contributed by atoms with E-state index in [0.29, 0.717) is 29.6 Å². The number of ether oxygens (including phenoxy) is 1. The monoisotopic (exact) mass is 402 g/mol. The Hall–Kier alpha value is -2.58. The summed E-state index contributed by atoms with van der Waals surface area (Å²) in [4.78, 5) is 27.8. The molecule has 2 amide bonds. The molecule has 4 heterocycles. The minimum absolute atomic E-state index is 0.264. The van der Waals surface area contributed by atoms with E-state index in [4.69, 9.17) is 9.15 Å². The lowest BCUT2D eigenvalue weighted by molar-refractivity contribution is -0.927. The summed E-state index contributed by atoms with van der Waals surface area (Å²) in [5.74, 6) is 0.0731. The maximum Gasteiger partial charge on any atom is 0.338 e. The van der Waals surface area contributed by atoms with Gasteiger partial charge < -0.3 is 24.7 Å². The molecule has 8 heteroatoms. The van der Waals surface area contributed by atoms with Gasteiger partial charge in [0.05, 0.1) is 30.7 Å². The average molecular weight is 402 g/mol. The van der Waals surface area contributed by atoms with E-state index in [0.717, 1.165) is 13.0 Å². The van der Waals surface area contributed by atoms with Crippen molar-refractivity contribution in [1.82, 2.24) is 10.6 Å². The van der Waals surface area contributed by atoms with Crippen molar-refractivity contribution in [3.8, 4) is 0 Å². The van der Waals surface area contributed by atoms with E-state index in [2.05, 4.69) is 29.0 Å². The topological polar surface area (TPSA) is 85.0 Å². The van der Waals surface area contributed by atoms with E-state index in [1.807, 2.05) is 0 Å². The van der Waals surface area contributed by atoms with E-state index in [-0.39, 0.29) is 12.6 Å². The highest BCUT2D eigenvalue weighted by molar-refractivity contribution is 7.10. The van der Waals surface area contributed by atoms with Crippen LogP contribution < -0.4 is 15.5 Å². The van der Waals surface area contributed by atoms with Gasteiger partial charge in [0.1, 0.15) is 24.4 Å². The van der Waals surface area contributed by atoms with Crippen molar-refractivity contribution in [2.45, 2.75) is 32.4 Å². The molecule has 0 fully saturated rings. The van der Waals surface area contributed by atoms with Crippen molar-refractivity contribution in [1.29, 1.82) is 0 Å². The molecule has 4 rings (SSSR count). The second kappa shape index (κ2) is 7.81. The van der Waals surface area contributed by atoms with Crippen LogP contribution in [0, 0.1) is 0 Å². The zero-order chi connectivity index (χ0) is 19.7. The van der Waals surface area contributed by atoms with Gasteiger partial charge in [-0.25, -0.2) is 9.59 Å². The molecule has 7 nitrogen and oxygen atoms in total. The van der Waals surface area contributed by atoms with Crippen molar-refractivity contribution >= 4 is 23.3 Å². The Morgan fingerprint density at radius 3 is 3.04 bits per heavy atom. The molecule has 28 heavy (non-hydrogen) atoms. The van der Waals surface area contributed by atoms with Crippen LogP contribution in [0.4, 0.5) is 4.79 Å². The van der Waals surface area contributed by atoms with Crippen LogP contribution in [0.1, 0.15) is 42.1 Å². The van der Waals surface area contributed by atoms with Crippen LogP contribution in [-0.4, -0.2) is 31.7 Å². The normalized spacial score (nSPS) is 24.4. The number of fused-ring (bicyclic) bond motifs is 1. The van der Waals surface area contributed by atoms with E-state index in [9.17, 15) is 9.59 Å². The Kier molecular flexibility index (Phi) is 5.23. The van der Waals surface area contributed by atoms with Crippen molar-refractivity contribution in [2.24, 2.45) is 0 Å². The van der Waals surface area contributed by atoms with Crippen LogP contribution in [0.25, 0.3) is 0 Å². The van der Waals surface area contributed by atoms with Crippen molar-refractivity contribution in [3.05, 3.63) is 57.3 Å². The zero-order valence-electron chi connectivity index (χ0n) is 15.9. The molecule has 0 radical (unpaired) electrons. The number of quaternary nitrogens is 1. The third-order valence-electron chi connectivity index (χ3n) is 5.41. The highest BCUT2D eigenvalue weighted by atomic mass is 32.1. The summed E-state index contributed by atoms with van der Waals surface area (Å²) in [6, 6.07) is 4.96. The Balaban J connectivity index is 1.69. The first kappa shape index (κ1) is 18.8. The summed E-state index contributed by atoms with van der Waals surface area (Å²) in [6.07, 6.45) is 2.53. The van der Waals surface area contributed by atoms with E-state index < -0.39 is 12.0 Å². The largest absolute Gasteiger partial charge is 0.467 e. The van der Waals surface area contributed by atoms with Gasteiger partial charge in [-0.05, 0) is 37.4 Å². The number of furan rings is 1. The summed E-state index contributed by atoms with van der Waals surface area (Å²) < 4.78 is 10.8. The lowest BCUT2D eigenvalue weighted by Crippen LogP contribution is -3.13. The fraction of sp³-hybridized carbons (Fsp3) is 0.400. The first-order valence-corrected chi connectivity index (χ1v) is 10.4. The molecule has 2 aliphatic rings. The molecule has 2 aromatic heterocycles. The second-order valence-electron chi connectivity index (χ2n) is 7.02. The average Bonchev–Trinajstić information content (AvgIpc) is 3.35. The highest BCUT2D eigenvalue weighted by Crippen LogP contribution is 2.29. The van der Waals surface area contributed by atoms with Crippen molar-refractivity contribution < 1.29 is 23.6 Å². The maximum atomic E-state index is 12.8. The van der Waals surface area contributed by atoms with Gasteiger partial charge in [-0.2, -0.15) is 0 Å². The number of amides is 2. The summed E-state index contributed by atoms with van der Waals surface area (Å²) in [5, 5.41) is 7.77. The lowest BCUT2D eigenvalue weighted by Gasteiger charge is -2.34. The summed E-state index contributed by atoms with van der Waals surface area (Å²) in [6.45, 7) is 5.71. The number of rotatable bonds is 5. The van der Waals surface area contributed by atoms with Crippen LogP contribution in [0.5, 0.6) is 0 Å². The minimum atomic E-state index is -0.658. The number of carbonyl (C=O) groups excluding carboxylic acids is 2. The molecular formula is C20H24N3O4S+. The van der Waals surface area contributed by atoms with Gasteiger partial charge in [-0.15, -0.1) is 11.3 Å². The number of hydrogen-bond donors (Lipinski definition) is 3. The molecule has 0 aliphatic carbocycles. The maximum absolute atomic E-state index is 12.8. The molecule has 1 unspecified atom stereocenters. The van der Waals surface area contributed by atoms with Crippen LogP contribution >= 0.6 is 11.3 Å². The van der Waals surface area contributed by atoms with Crippen molar-refractivity contribution in [2.75, 3.05) is 19.7 Å². The first-order chi connectivity index (χ1) is 13.6. The van der Waals surface area contributed by atoms with E-state index >= 15 is 0 Å². The number of nitrogens with one attached hydrogen (secondary N) is 3. The smallest absolute Gasteiger partial charge is 0.338 e. The van der Waals surface area contributed by atoms with Crippen LogP contribution in [0.15, 0.2) is 45.5 Å². The summed E-state index contributed by atoms with van der Waals surface area (Å²) in [5.41, 5.74) is 2.36. The quantitative estimate of drug-likeness (QED) is 0.665. The van der Waals surface area contributed by atoms with Crippen molar-refractivity contribution in [3.63, 3.8) is 0 Å². The number of thiophene rings is 1. The van der Waals surface area contributed by atoms with Gasteiger partial charge in [-0.3, -0.25) is 0 Å². The third kappa shape index (κ3) is 3.45. The molecule has 0 bridgehead atoms. The predicted molar refractivity (Wildman–Crippen MR) is 104 cm³/mol. The molecule has 0 saturated heterocycles. The standard InChI is InChI=1S/C20H23N3O4S/c1-3-26-19(24)17-14(21-20(25)22-18(17)15-5-4-9-27-15)11-23-8-6-16-13(12(23)2)7-10-28-16/h4-5,7,9-10,12,18H,3,6,8,11H2,1-2H3,(H2,21,22,25)/p+1/t12-,18-/m0/s1. The van der Waals surface area contributed by atoms with Gasteiger partial charge in [0, 0.05) is 16.9 Å². The Labute approximate surface area is 167 Å². The number of esters is 1. The van der Waals surface area contributed by atoms with Gasteiger partial charge >= 0.3 is 12.0 Å². The molecule has 2 aromatic rings. The third-order valence-corrected chi connectivity index (χ3v) is 6.41. The van der Waals surface area contributed by atoms with Gasteiger partial charge in [0.15, 0.2) is 0 Å². The second-order valence-corrected chi connectivity index (χ2v) is 8.02. The van der Waals surface area contributed by atoms with E-state index in [1.165, 1.54) is 21.6 Å². The summed E-state index contributed by atoms with van der Waals surface area (Å²) >= 11 is 1.80. The highest BCUT2D eigenvalue weighted by Gasteiger charge is 2.38. The Morgan fingerprint density at radius 1 is 1.43 bits per heavy atom. The molecule has 3 N–H and O–H groups in total. The number of hydrogen-bond acceptors (Lipinski definition) is 5. The van der Waals surface area contributed by atoms with E-state index in [1.54, 1.807) is 30.4 Å². The number of urea groups is 1. The molecule has 2 aliphatic heterocycles. The predicted octanol–water partition coefficient (Wildman–Crippen LogP) is 1.71. The number of carbonyl (C=O) groups is 2. The molecule has 0 aromatic carbocycles. The fourth-order valence-corrected chi connectivity index (χ4v) is 4.97. The van der Waals surface area contributed by atoms with Crippen LogP contribution in [-0.2, 0) is 16.0 Å². The Morgan fingerprint density at radius 2 is 2.29 bits per heavy atom. The summed E-state index contributed by atoms with van der Waals surface area (Å²) in [7, 11) is 0. The van der Waals surface area contributed by atoms with Gasteiger partial charge in [0.2, 0.25) is 0 Å². The fourth-order valence-electron chi connectivity index (χ4n) is 3.99. The molecule has 148 valence electrons. The minimum Gasteiger partial charge on any atom is -0.467 e. The Bertz CT molecular complexity index is 902. The van der Waals surface area contributed by atoms with Gasteiger partial charge in [0.25, 0.3) is 0 Å². The molecule has 0 saturated carbocycles. The van der Waals surface area contributed by atoms with Gasteiger partial charge in [-0.1, -0.05) is 0 Å². The zero-order valence-corrected chi connectivity index (χ0v) is 16.7. The SMILES string of the molecule is CCOC(=O)C1=C(C[NH+]2CCc3sccc3[C@@H]2C)NC(=O)N[C@H]1c1ccco1. The van der Waals surface area contributed by atoms with Crippen LogP contribution in [0.3, 0.4) is 0 Å². The molecular weight excluding hydrogens is 378 g/mol. The first-order valence-electron chi connectivity index (χ1n) is 9.50. The molecule has 0 spiro atoms. The lowest BCUT2D eigenvalue weighted by atomic mass is 9.97.